The van der Waals surface area contributed by atoms with Gasteiger partial charge >= 0.3 is 0 Å². The summed E-state index contributed by atoms with van der Waals surface area (Å²) in [5.41, 5.74) is 11.1. The van der Waals surface area contributed by atoms with Gasteiger partial charge in [0.15, 0.2) is 5.65 Å². The molecule has 0 radical (unpaired) electrons. The van der Waals surface area contributed by atoms with Crippen molar-refractivity contribution in [2.24, 2.45) is 0 Å². The first-order valence-electron chi connectivity index (χ1n) is 6.94. The van der Waals surface area contributed by atoms with Gasteiger partial charge in [-0.05, 0) is 30.5 Å². The van der Waals surface area contributed by atoms with Gasteiger partial charge in [0.1, 0.15) is 17.6 Å². The van der Waals surface area contributed by atoms with Gasteiger partial charge in [-0.25, -0.2) is 9.37 Å². The Morgan fingerprint density at radius 1 is 1.27 bits per heavy atom. The van der Waals surface area contributed by atoms with E-state index in [-0.39, 0.29) is 0 Å². The Balaban J connectivity index is 2.14. The van der Waals surface area contributed by atoms with Crippen molar-refractivity contribution in [3.8, 4) is 0 Å². The largest absolute Gasteiger partial charge is 0.383 e. The molecule has 1 aromatic carbocycles. The van der Waals surface area contributed by atoms with E-state index in [9.17, 15) is 4.39 Å². The summed E-state index contributed by atoms with van der Waals surface area (Å²) < 4.78 is 14.6. The maximum atomic E-state index is 13.0. The first-order chi connectivity index (χ1) is 10.5. The molecular weight excluding hydrogens is 303 g/mol. The fraction of sp³-hybridized carbons (Fsp3) is 0.250. The summed E-state index contributed by atoms with van der Waals surface area (Å²) in [5.74, 6) is 0.443. The number of hydrogen-bond donors (Lipinski definition) is 1. The second-order valence-electron chi connectivity index (χ2n) is 5.31. The Kier molecular flexibility index (Phi) is 3.74. The van der Waals surface area contributed by atoms with Crippen LogP contribution in [0.15, 0.2) is 24.3 Å². The summed E-state index contributed by atoms with van der Waals surface area (Å²) in [4.78, 5) is 4.34. The summed E-state index contributed by atoms with van der Waals surface area (Å²) in [6, 6.07) is 7.23. The quantitative estimate of drug-likeness (QED) is 0.750. The fourth-order valence-electron chi connectivity index (χ4n) is 2.63. The van der Waals surface area contributed by atoms with Gasteiger partial charge in [-0.3, -0.25) is 0 Å². The summed E-state index contributed by atoms with van der Waals surface area (Å²) in [5, 5.41) is 4.75. The van der Waals surface area contributed by atoms with Crippen LogP contribution in [-0.2, 0) is 13.1 Å². The molecule has 2 N–H and O–H groups in total. The minimum Gasteiger partial charge on any atom is -0.383 e. The average Bonchev–Trinajstić information content (AvgIpc) is 2.78. The Bertz CT molecular complexity index is 857. The first kappa shape index (κ1) is 14.8. The maximum Gasteiger partial charge on any atom is 0.162 e. The molecule has 0 saturated carbocycles. The molecule has 2 aromatic heterocycles. The Morgan fingerprint density at radius 3 is 2.73 bits per heavy atom. The van der Waals surface area contributed by atoms with Crippen LogP contribution in [0.4, 0.5) is 10.2 Å². The highest BCUT2D eigenvalue weighted by Gasteiger charge is 2.15. The van der Waals surface area contributed by atoms with Crippen molar-refractivity contribution in [1.82, 2.24) is 14.6 Å². The number of aryl methyl sites for hydroxylation is 1. The normalized spacial score (nSPS) is 11.3. The smallest absolute Gasteiger partial charge is 0.162 e. The predicted molar refractivity (Wildman–Crippen MR) is 85.9 cm³/mol. The van der Waals surface area contributed by atoms with Crippen LogP contribution < -0.4 is 5.73 Å². The highest BCUT2D eigenvalue weighted by molar-refractivity contribution is 6.29. The zero-order valence-corrected chi connectivity index (χ0v) is 13.2. The van der Waals surface area contributed by atoms with Gasteiger partial charge in [0.2, 0.25) is 0 Å². The van der Waals surface area contributed by atoms with Crippen LogP contribution in [0.3, 0.4) is 0 Å². The lowest BCUT2D eigenvalue weighted by Crippen LogP contribution is -2.01. The molecule has 0 atom stereocenters. The standard InChI is InChI=1S/C16H16ClFN4/c1-9-11(4-3-5-12(9)8-18)6-13-10(2)21-22-15(19)7-14(17)20-16(13)22/h3-5,7H,6,8,19H2,1-2H3. The molecule has 0 aliphatic carbocycles. The number of aromatic nitrogens is 3. The number of halogens is 2. The van der Waals surface area contributed by atoms with E-state index in [2.05, 4.69) is 10.1 Å². The van der Waals surface area contributed by atoms with Crippen molar-refractivity contribution < 1.29 is 4.39 Å². The lowest BCUT2D eigenvalue weighted by molar-refractivity contribution is 0.483. The number of anilines is 1. The van der Waals surface area contributed by atoms with Crippen LogP contribution in [0.2, 0.25) is 5.15 Å². The second kappa shape index (κ2) is 5.57. The van der Waals surface area contributed by atoms with E-state index in [1.807, 2.05) is 26.0 Å². The van der Waals surface area contributed by atoms with Gasteiger partial charge in [0.25, 0.3) is 0 Å². The molecule has 114 valence electrons. The van der Waals surface area contributed by atoms with Crippen LogP contribution in [0.5, 0.6) is 0 Å². The Morgan fingerprint density at radius 2 is 2.00 bits per heavy atom. The molecule has 2 heterocycles. The summed E-state index contributed by atoms with van der Waals surface area (Å²) >= 11 is 6.01. The van der Waals surface area contributed by atoms with Crippen molar-refractivity contribution in [2.75, 3.05) is 5.73 Å². The molecule has 6 heteroatoms. The molecule has 0 spiro atoms. The number of fused-ring (bicyclic) bond motifs is 1. The molecule has 0 bridgehead atoms. The monoisotopic (exact) mass is 318 g/mol. The Labute approximate surface area is 132 Å². The van der Waals surface area contributed by atoms with E-state index < -0.39 is 6.67 Å². The van der Waals surface area contributed by atoms with Gasteiger partial charge < -0.3 is 5.73 Å². The Hall–Kier alpha value is -2.14. The van der Waals surface area contributed by atoms with Crippen molar-refractivity contribution in [1.29, 1.82) is 0 Å². The van der Waals surface area contributed by atoms with Crippen molar-refractivity contribution in [3.63, 3.8) is 0 Å². The minimum atomic E-state index is -0.468. The molecule has 22 heavy (non-hydrogen) atoms. The third kappa shape index (κ3) is 2.41. The highest BCUT2D eigenvalue weighted by Crippen LogP contribution is 2.24. The van der Waals surface area contributed by atoms with E-state index in [1.165, 1.54) is 0 Å². The molecule has 4 nitrogen and oxygen atoms in total. The van der Waals surface area contributed by atoms with Crippen LogP contribution in [-0.4, -0.2) is 14.6 Å². The number of alkyl halides is 1. The third-order valence-corrected chi connectivity index (χ3v) is 4.14. The number of rotatable bonds is 3. The van der Waals surface area contributed by atoms with Crippen LogP contribution >= 0.6 is 11.6 Å². The number of nitrogens with zero attached hydrogens (tertiary/aromatic N) is 3. The fourth-order valence-corrected chi connectivity index (χ4v) is 2.82. The molecule has 0 unspecified atom stereocenters. The van der Waals surface area contributed by atoms with Crippen molar-refractivity contribution in [3.05, 3.63) is 57.4 Å². The molecule has 0 saturated heterocycles. The summed E-state index contributed by atoms with van der Waals surface area (Å²) in [7, 11) is 0. The number of nitrogen functional groups attached to an aromatic ring is 1. The molecule has 3 aromatic rings. The van der Waals surface area contributed by atoms with E-state index in [1.54, 1.807) is 16.6 Å². The van der Waals surface area contributed by atoms with Gasteiger partial charge in [-0.15, -0.1) is 0 Å². The summed E-state index contributed by atoms with van der Waals surface area (Å²) in [6.07, 6.45) is 0.613. The predicted octanol–water partition coefficient (Wildman–Crippen LogP) is 3.64. The van der Waals surface area contributed by atoms with E-state index in [4.69, 9.17) is 17.3 Å². The zero-order valence-electron chi connectivity index (χ0n) is 12.4. The minimum absolute atomic E-state index is 0.334. The molecule has 0 aliphatic rings. The van der Waals surface area contributed by atoms with Gasteiger partial charge in [0.05, 0.1) is 5.69 Å². The topological polar surface area (TPSA) is 56.2 Å². The number of nitrogens with two attached hydrogens (primary N) is 1. The van der Waals surface area contributed by atoms with Crippen molar-refractivity contribution >= 4 is 23.1 Å². The van der Waals surface area contributed by atoms with Crippen LogP contribution in [0.1, 0.15) is 27.9 Å². The van der Waals surface area contributed by atoms with Gasteiger partial charge in [-0.2, -0.15) is 9.61 Å². The molecule has 0 amide bonds. The molecule has 0 fully saturated rings. The van der Waals surface area contributed by atoms with E-state index in [0.29, 0.717) is 28.6 Å². The average molecular weight is 319 g/mol. The lowest BCUT2D eigenvalue weighted by Gasteiger charge is -2.09. The van der Waals surface area contributed by atoms with Crippen LogP contribution in [0, 0.1) is 13.8 Å². The molecule has 3 rings (SSSR count). The SMILES string of the molecule is Cc1nn2c(N)cc(Cl)nc2c1Cc1cccc(CF)c1C. The number of benzene rings is 1. The lowest BCUT2D eigenvalue weighted by atomic mass is 9.97. The maximum absolute atomic E-state index is 13.0. The zero-order chi connectivity index (χ0) is 15.9. The van der Waals surface area contributed by atoms with Gasteiger partial charge in [-0.1, -0.05) is 29.8 Å². The summed E-state index contributed by atoms with van der Waals surface area (Å²) in [6.45, 7) is 3.37. The number of hydrogen-bond acceptors (Lipinski definition) is 3. The second-order valence-corrected chi connectivity index (χ2v) is 5.70. The van der Waals surface area contributed by atoms with Crippen molar-refractivity contribution in [2.45, 2.75) is 26.9 Å². The first-order valence-corrected chi connectivity index (χ1v) is 7.32. The van der Waals surface area contributed by atoms with Gasteiger partial charge in [0, 0.05) is 18.1 Å². The molecular formula is C16H16ClFN4. The third-order valence-electron chi connectivity index (χ3n) is 3.95. The van der Waals surface area contributed by atoms with Crippen LogP contribution in [0.25, 0.3) is 5.65 Å². The highest BCUT2D eigenvalue weighted by atomic mass is 35.5. The van der Waals surface area contributed by atoms with E-state index in [0.717, 1.165) is 22.4 Å². The molecule has 0 aliphatic heterocycles. The van der Waals surface area contributed by atoms with E-state index >= 15 is 0 Å².